The van der Waals surface area contributed by atoms with Crippen molar-refractivity contribution >= 4 is 23.0 Å². The Morgan fingerprint density at radius 1 is 1.21 bits per heavy atom. The summed E-state index contributed by atoms with van der Waals surface area (Å²) in [7, 11) is 0. The number of nitrogens with zero attached hydrogens (tertiary/aromatic N) is 3. The lowest BCUT2D eigenvalue weighted by atomic mass is 10.2. The molecule has 2 aromatic heterocycles. The van der Waals surface area contributed by atoms with Gasteiger partial charge in [-0.25, -0.2) is 0 Å². The lowest BCUT2D eigenvalue weighted by Crippen LogP contribution is -2.25. The SMILES string of the molecule is Cc1ccc(C(=O)CCC(=O)NCc2nnc3n2CCCCC3)s1. The molecule has 1 aliphatic heterocycles. The first-order chi connectivity index (χ1) is 11.6. The van der Waals surface area contributed by atoms with Crippen LogP contribution >= 0.6 is 11.3 Å². The van der Waals surface area contributed by atoms with Crippen LogP contribution in [0.2, 0.25) is 0 Å². The fraction of sp³-hybridized carbons (Fsp3) is 0.529. The standard InChI is InChI=1S/C17H22N4O2S/c1-12-6-8-14(24-12)13(22)7-9-17(23)18-11-16-20-19-15-5-3-2-4-10-21(15)16/h6,8H,2-5,7,9-11H2,1H3,(H,18,23). The summed E-state index contributed by atoms with van der Waals surface area (Å²) in [5, 5.41) is 11.3. The van der Waals surface area contributed by atoms with E-state index >= 15 is 0 Å². The summed E-state index contributed by atoms with van der Waals surface area (Å²) in [5.41, 5.74) is 0. The molecular formula is C17H22N4O2S. The Morgan fingerprint density at radius 2 is 2.08 bits per heavy atom. The number of aryl methyl sites for hydroxylation is 2. The zero-order chi connectivity index (χ0) is 16.9. The van der Waals surface area contributed by atoms with E-state index in [1.165, 1.54) is 17.8 Å². The van der Waals surface area contributed by atoms with Crippen LogP contribution in [0.3, 0.4) is 0 Å². The summed E-state index contributed by atoms with van der Waals surface area (Å²) in [6.45, 7) is 3.26. The van der Waals surface area contributed by atoms with E-state index in [1.807, 2.05) is 19.1 Å². The Balaban J connectivity index is 1.48. The van der Waals surface area contributed by atoms with Crippen molar-refractivity contribution in [3.63, 3.8) is 0 Å². The predicted octanol–water partition coefficient (Wildman–Crippen LogP) is 2.65. The van der Waals surface area contributed by atoms with Crippen LogP contribution in [0.25, 0.3) is 0 Å². The molecule has 0 aromatic carbocycles. The van der Waals surface area contributed by atoms with Gasteiger partial charge in [-0.1, -0.05) is 6.42 Å². The van der Waals surface area contributed by atoms with Crippen LogP contribution in [-0.2, 0) is 24.3 Å². The fourth-order valence-electron chi connectivity index (χ4n) is 2.88. The number of carbonyl (C=O) groups is 2. The lowest BCUT2D eigenvalue weighted by Gasteiger charge is -2.08. The number of fused-ring (bicyclic) bond motifs is 1. The summed E-state index contributed by atoms with van der Waals surface area (Å²) >= 11 is 1.47. The summed E-state index contributed by atoms with van der Waals surface area (Å²) in [6, 6.07) is 3.75. The Labute approximate surface area is 145 Å². The average Bonchev–Trinajstić information content (AvgIpc) is 3.10. The van der Waals surface area contributed by atoms with Gasteiger partial charge in [0.25, 0.3) is 0 Å². The summed E-state index contributed by atoms with van der Waals surface area (Å²) in [4.78, 5) is 25.9. The molecule has 2 aromatic rings. The van der Waals surface area contributed by atoms with E-state index in [0.29, 0.717) is 6.54 Å². The van der Waals surface area contributed by atoms with Crippen LogP contribution in [-0.4, -0.2) is 26.5 Å². The van der Waals surface area contributed by atoms with Crippen LogP contribution in [0.4, 0.5) is 0 Å². The minimum Gasteiger partial charge on any atom is -0.349 e. The van der Waals surface area contributed by atoms with Crippen LogP contribution in [0.1, 0.15) is 58.3 Å². The van der Waals surface area contributed by atoms with Crippen molar-refractivity contribution < 1.29 is 9.59 Å². The fourth-order valence-corrected chi connectivity index (χ4v) is 3.71. The third-order valence-electron chi connectivity index (χ3n) is 4.22. The first kappa shape index (κ1) is 16.8. The van der Waals surface area contributed by atoms with E-state index < -0.39 is 0 Å². The largest absolute Gasteiger partial charge is 0.349 e. The topological polar surface area (TPSA) is 76.9 Å². The number of nitrogens with one attached hydrogen (secondary N) is 1. The number of ketones is 1. The minimum absolute atomic E-state index is 0.0274. The molecule has 0 spiro atoms. The molecule has 3 rings (SSSR count). The molecular weight excluding hydrogens is 324 g/mol. The number of Topliss-reactive ketones (excluding diaryl/α,β-unsaturated/α-hetero) is 1. The van der Waals surface area contributed by atoms with Crippen LogP contribution in [0, 0.1) is 6.92 Å². The van der Waals surface area contributed by atoms with Gasteiger partial charge in [0, 0.05) is 30.7 Å². The van der Waals surface area contributed by atoms with Crippen molar-refractivity contribution in [3.05, 3.63) is 33.5 Å². The van der Waals surface area contributed by atoms with Gasteiger partial charge >= 0.3 is 0 Å². The number of aromatic nitrogens is 3. The maximum atomic E-state index is 12.0. The summed E-state index contributed by atoms with van der Waals surface area (Å²) in [5.74, 6) is 1.72. The number of amides is 1. The van der Waals surface area contributed by atoms with Crippen molar-refractivity contribution in [1.29, 1.82) is 0 Å². The highest BCUT2D eigenvalue weighted by Crippen LogP contribution is 2.17. The normalized spacial score (nSPS) is 14.0. The molecule has 0 radical (unpaired) electrons. The second-order valence-corrected chi connectivity index (χ2v) is 7.39. The number of thiophene rings is 1. The van der Waals surface area contributed by atoms with Crippen LogP contribution < -0.4 is 5.32 Å². The van der Waals surface area contributed by atoms with Crippen molar-refractivity contribution in [2.45, 2.75) is 58.5 Å². The lowest BCUT2D eigenvalue weighted by molar-refractivity contribution is -0.121. The molecule has 24 heavy (non-hydrogen) atoms. The second-order valence-electron chi connectivity index (χ2n) is 6.10. The van der Waals surface area contributed by atoms with Gasteiger partial charge in [-0.15, -0.1) is 21.5 Å². The Kier molecular flexibility index (Phi) is 5.40. The highest BCUT2D eigenvalue weighted by molar-refractivity contribution is 7.14. The molecule has 1 N–H and O–H groups in total. The summed E-state index contributed by atoms with van der Waals surface area (Å²) in [6.07, 6.45) is 4.88. The Morgan fingerprint density at radius 3 is 2.88 bits per heavy atom. The van der Waals surface area contributed by atoms with Gasteiger partial charge in [0.15, 0.2) is 11.6 Å². The monoisotopic (exact) mass is 346 g/mol. The van der Waals surface area contributed by atoms with Crippen LogP contribution in [0.15, 0.2) is 12.1 Å². The third-order valence-corrected chi connectivity index (χ3v) is 5.27. The molecule has 6 nitrogen and oxygen atoms in total. The first-order valence-electron chi connectivity index (χ1n) is 8.41. The predicted molar refractivity (Wildman–Crippen MR) is 92.0 cm³/mol. The van der Waals surface area contributed by atoms with Crippen molar-refractivity contribution in [3.8, 4) is 0 Å². The van der Waals surface area contributed by atoms with E-state index in [0.717, 1.165) is 47.2 Å². The van der Waals surface area contributed by atoms with Gasteiger partial charge in [-0.05, 0) is 31.9 Å². The van der Waals surface area contributed by atoms with E-state index in [4.69, 9.17) is 0 Å². The molecule has 128 valence electrons. The highest BCUT2D eigenvalue weighted by Gasteiger charge is 2.16. The molecule has 0 atom stereocenters. The molecule has 0 aliphatic carbocycles. The zero-order valence-electron chi connectivity index (χ0n) is 13.9. The third kappa shape index (κ3) is 4.08. The first-order valence-corrected chi connectivity index (χ1v) is 9.22. The molecule has 1 amide bonds. The van der Waals surface area contributed by atoms with Crippen molar-refractivity contribution in [2.75, 3.05) is 0 Å². The molecule has 0 unspecified atom stereocenters. The maximum Gasteiger partial charge on any atom is 0.220 e. The molecule has 0 bridgehead atoms. The van der Waals surface area contributed by atoms with Gasteiger partial charge in [-0.2, -0.15) is 0 Å². The highest BCUT2D eigenvalue weighted by atomic mass is 32.1. The quantitative estimate of drug-likeness (QED) is 0.816. The van der Waals surface area contributed by atoms with E-state index in [-0.39, 0.29) is 24.5 Å². The average molecular weight is 346 g/mol. The smallest absolute Gasteiger partial charge is 0.220 e. The van der Waals surface area contributed by atoms with E-state index in [9.17, 15) is 9.59 Å². The van der Waals surface area contributed by atoms with Crippen LogP contribution in [0.5, 0.6) is 0 Å². The van der Waals surface area contributed by atoms with E-state index in [1.54, 1.807) is 0 Å². The maximum absolute atomic E-state index is 12.0. The van der Waals surface area contributed by atoms with Gasteiger partial charge in [0.05, 0.1) is 11.4 Å². The Bertz CT molecular complexity index is 735. The Hall–Kier alpha value is -2.02. The molecule has 3 heterocycles. The summed E-state index contributed by atoms with van der Waals surface area (Å²) < 4.78 is 2.12. The van der Waals surface area contributed by atoms with Crippen molar-refractivity contribution in [1.82, 2.24) is 20.1 Å². The zero-order valence-corrected chi connectivity index (χ0v) is 14.7. The minimum atomic E-state index is -0.123. The number of hydrogen-bond donors (Lipinski definition) is 1. The van der Waals surface area contributed by atoms with Gasteiger partial charge in [-0.3, -0.25) is 9.59 Å². The van der Waals surface area contributed by atoms with Gasteiger partial charge in [0.2, 0.25) is 5.91 Å². The molecule has 1 aliphatic rings. The van der Waals surface area contributed by atoms with E-state index in [2.05, 4.69) is 20.1 Å². The number of rotatable bonds is 6. The van der Waals surface area contributed by atoms with Gasteiger partial charge in [0.1, 0.15) is 5.82 Å². The number of carbonyl (C=O) groups excluding carboxylic acids is 2. The molecule has 7 heteroatoms. The molecule has 0 fully saturated rings. The molecule has 0 saturated heterocycles. The number of hydrogen-bond acceptors (Lipinski definition) is 5. The van der Waals surface area contributed by atoms with Crippen molar-refractivity contribution in [2.24, 2.45) is 0 Å². The van der Waals surface area contributed by atoms with Gasteiger partial charge < -0.3 is 9.88 Å². The molecule has 0 saturated carbocycles. The second kappa shape index (κ2) is 7.70.